The monoisotopic (exact) mass is 248 g/mol. The number of aryl methyl sites for hydroxylation is 1. The smallest absolute Gasteiger partial charge is 0.203 e. The molecule has 1 aromatic heterocycles. The fraction of sp³-hybridized carbons (Fsp3) is 0.643. The molecule has 1 N–H and O–H groups in total. The van der Waals surface area contributed by atoms with Crippen molar-refractivity contribution in [1.82, 2.24) is 14.5 Å². The van der Waals surface area contributed by atoms with Crippen LogP contribution < -0.4 is 5.32 Å². The maximum Gasteiger partial charge on any atom is 0.203 e. The predicted octanol–water partition coefficient (Wildman–Crippen LogP) is 2.27. The molecule has 0 spiro atoms. The molecule has 4 nitrogen and oxygen atoms in total. The Hall–Kier alpha value is -1.29. The minimum Gasteiger partial charge on any atom is -0.352 e. The maximum atomic E-state index is 4.53. The van der Waals surface area contributed by atoms with Gasteiger partial charge in [-0.25, -0.2) is 4.98 Å². The third-order valence-corrected chi connectivity index (χ3v) is 3.33. The number of allylic oxidation sites excluding steroid dienone is 1. The van der Waals surface area contributed by atoms with Crippen LogP contribution in [0.5, 0.6) is 0 Å². The van der Waals surface area contributed by atoms with Gasteiger partial charge >= 0.3 is 0 Å². The Labute approximate surface area is 110 Å². The van der Waals surface area contributed by atoms with Gasteiger partial charge in [0.25, 0.3) is 0 Å². The van der Waals surface area contributed by atoms with Crippen molar-refractivity contribution in [2.24, 2.45) is 0 Å². The molecule has 0 radical (unpaired) electrons. The largest absolute Gasteiger partial charge is 0.352 e. The third-order valence-electron chi connectivity index (χ3n) is 3.33. The van der Waals surface area contributed by atoms with Gasteiger partial charge in [0.1, 0.15) is 0 Å². The third kappa shape index (κ3) is 3.35. The fourth-order valence-corrected chi connectivity index (χ4v) is 2.56. The van der Waals surface area contributed by atoms with E-state index in [2.05, 4.69) is 39.5 Å². The molecule has 0 bridgehead atoms. The summed E-state index contributed by atoms with van der Waals surface area (Å²) in [6.45, 7) is 12.4. The molecule has 1 aliphatic heterocycles. The first kappa shape index (κ1) is 13.1. The minimum atomic E-state index is 0.425. The Morgan fingerprint density at radius 1 is 1.50 bits per heavy atom. The Kier molecular flexibility index (Phi) is 4.42. The van der Waals surface area contributed by atoms with Gasteiger partial charge in [-0.1, -0.05) is 6.08 Å². The van der Waals surface area contributed by atoms with Gasteiger partial charge in [0.15, 0.2) is 0 Å². The average molecular weight is 248 g/mol. The normalized spacial score (nSPS) is 17.9. The van der Waals surface area contributed by atoms with E-state index in [0.717, 1.165) is 24.7 Å². The van der Waals surface area contributed by atoms with Crippen molar-refractivity contribution in [3.8, 4) is 0 Å². The van der Waals surface area contributed by atoms with Crippen LogP contribution in [0.25, 0.3) is 0 Å². The number of likely N-dealkylation sites (tertiary alicyclic amines) is 1. The molecule has 1 saturated heterocycles. The van der Waals surface area contributed by atoms with E-state index in [1.54, 1.807) is 0 Å². The van der Waals surface area contributed by atoms with Crippen LogP contribution in [0.15, 0.2) is 18.9 Å². The van der Waals surface area contributed by atoms with Crippen LogP contribution in [0.1, 0.15) is 25.5 Å². The zero-order valence-electron chi connectivity index (χ0n) is 11.5. The summed E-state index contributed by atoms with van der Waals surface area (Å²) in [7, 11) is 0. The molecular formula is C14H24N4. The Morgan fingerprint density at radius 2 is 2.22 bits per heavy atom. The molecular weight excluding hydrogens is 224 g/mol. The maximum absolute atomic E-state index is 4.53. The Balaban J connectivity index is 1.92. The predicted molar refractivity (Wildman–Crippen MR) is 75.9 cm³/mol. The van der Waals surface area contributed by atoms with Gasteiger partial charge in [-0.2, -0.15) is 0 Å². The molecule has 0 amide bonds. The van der Waals surface area contributed by atoms with Crippen LogP contribution >= 0.6 is 0 Å². The standard InChI is InChI=1S/C14H24N4/c1-4-7-18-11-13(3)16-14(18)15-12(2)10-17-8-5-6-9-17/h4,11-12H,1,5-10H2,2-3H3,(H,15,16). The quantitative estimate of drug-likeness (QED) is 0.784. The fourth-order valence-electron chi connectivity index (χ4n) is 2.56. The first-order valence-corrected chi connectivity index (χ1v) is 6.82. The Bertz CT molecular complexity index is 390. The van der Waals surface area contributed by atoms with Gasteiger partial charge in [-0.3, -0.25) is 0 Å². The van der Waals surface area contributed by atoms with Gasteiger partial charge in [0.2, 0.25) is 5.95 Å². The van der Waals surface area contributed by atoms with Crippen molar-refractivity contribution >= 4 is 5.95 Å². The summed E-state index contributed by atoms with van der Waals surface area (Å²) in [5.74, 6) is 0.957. The highest BCUT2D eigenvalue weighted by Crippen LogP contribution is 2.12. The van der Waals surface area contributed by atoms with Gasteiger partial charge in [0, 0.05) is 25.3 Å². The first-order valence-electron chi connectivity index (χ1n) is 6.82. The van der Waals surface area contributed by atoms with Gasteiger partial charge in [0.05, 0.1) is 5.69 Å². The zero-order valence-corrected chi connectivity index (χ0v) is 11.5. The van der Waals surface area contributed by atoms with Gasteiger partial charge in [-0.15, -0.1) is 6.58 Å². The molecule has 0 saturated carbocycles. The molecule has 2 rings (SSSR count). The summed E-state index contributed by atoms with van der Waals surface area (Å²) in [5, 5.41) is 3.51. The highest BCUT2D eigenvalue weighted by molar-refractivity contribution is 5.30. The van der Waals surface area contributed by atoms with Crippen LogP contribution in [0.4, 0.5) is 5.95 Å². The van der Waals surface area contributed by atoms with Crippen molar-refractivity contribution in [2.45, 2.75) is 39.3 Å². The van der Waals surface area contributed by atoms with E-state index in [1.165, 1.54) is 25.9 Å². The van der Waals surface area contributed by atoms with Gasteiger partial charge in [-0.05, 0) is 39.8 Å². The summed E-state index contributed by atoms with van der Waals surface area (Å²) in [6.07, 6.45) is 6.65. The summed E-state index contributed by atoms with van der Waals surface area (Å²) in [5.41, 5.74) is 1.05. The number of imidazole rings is 1. The lowest BCUT2D eigenvalue weighted by Gasteiger charge is -2.21. The topological polar surface area (TPSA) is 33.1 Å². The molecule has 1 fully saturated rings. The van der Waals surface area contributed by atoms with Crippen molar-refractivity contribution in [1.29, 1.82) is 0 Å². The van der Waals surface area contributed by atoms with Crippen LogP contribution in [-0.4, -0.2) is 40.1 Å². The number of hydrogen-bond acceptors (Lipinski definition) is 3. The van der Waals surface area contributed by atoms with Gasteiger partial charge < -0.3 is 14.8 Å². The molecule has 2 heterocycles. The van der Waals surface area contributed by atoms with E-state index in [4.69, 9.17) is 0 Å². The number of hydrogen-bond donors (Lipinski definition) is 1. The van der Waals surface area contributed by atoms with Crippen LogP contribution in [0.2, 0.25) is 0 Å². The van der Waals surface area contributed by atoms with Crippen molar-refractivity contribution in [3.05, 3.63) is 24.5 Å². The molecule has 100 valence electrons. The SMILES string of the molecule is C=CCn1cc(C)nc1NC(C)CN1CCCC1. The highest BCUT2D eigenvalue weighted by atomic mass is 15.2. The van der Waals surface area contributed by atoms with E-state index in [9.17, 15) is 0 Å². The zero-order chi connectivity index (χ0) is 13.0. The number of aromatic nitrogens is 2. The first-order chi connectivity index (χ1) is 8.69. The van der Waals surface area contributed by atoms with Crippen molar-refractivity contribution in [2.75, 3.05) is 25.0 Å². The number of rotatable bonds is 6. The molecule has 18 heavy (non-hydrogen) atoms. The molecule has 4 heteroatoms. The molecule has 1 atom stereocenters. The minimum absolute atomic E-state index is 0.425. The second-order valence-corrected chi connectivity index (χ2v) is 5.20. The summed E-state index contributed by atoms with van der Waals surface area (Å²) < 4.78 is 2.11. The van der Waals surface area contributed by atoms with Crippen molar-refractivity contribution in [3.63, 3.8) is 0 Å². The number of anilines is 1. The Morgan fingerprint density at radius 3 is 2.89 bits per heavy atom. The second kappa shape index (κ2) is 6.05. The molecule has 0 aliphatic carbocycles. The number of nitrogens with zero attached hydrogens (tertiary/aromatic N) is 3. The summed E-state index contributed by atoms with van der Waals surface area (Å²) in [4.78, 5) is 7.05. The van der Waals surface area contributed by atoms with E-state index in [1.807, 2.05) is 13.0 Å². The summed E-state index contributed by atoms with van der Waals surface area (Å²) in [6, 6.07) is 0.425. The second-order valence-electron chi connectivity index (χ2n) is 5.20. The van der Waals surface area contributed by atoms with Crippen LogP contribution in [0, 0.1) is 6.92 Å². The van der Waals surface area contributed by atoms with E-state index >= 15 is 0 Å². The van der Waals surface area contributed by atoms with Crippen LogP contribution in [0.3, 0.4) is 0 Å². The number of nitrogens with one attached hydrogen (secondary N) is 1. The molecule has 1 aromatic rings. The molecule has 1 aliphatic rings. The van der Waals surface area contributed by atoms with Crippen molar-refractivity contribution < 1.29 is 0 Å². The van der Waals surface area contributed by atoms with E-state index in [-0.39, 0.29) is 0 Å². The molecule has 0 aromatic carbocycles. The lowest BCUT2D eigenvalue weighted by Crippen LogP contribution is -2.33. The summed E-state index contributed by atoms with van der Waals surface area (Å²) >= 11 is 0. The molecule has 1 unspecified atom stereocenters. The average Bonchev–Trinajstić information content (AvgIpc) is 2.90. The van der Waals surface area contributed by atoms with Crippen LogP contribution in [-0.2, 0) is 6.54 Å². The lowest BCUT2D eigenvalue weighted by molar-refractivity contribution is 0.327. The highest BCUT2D eigenvalue weighted by Gasteiger charge is 2.15. The van der Waals surface area contributed by atoms with E-state index < -0.39 is 0 Å². The van der Waals surface area contributed by atoms with E-state index in [0.29, 0.717) is 6.04 Å². The lowest BCUT2D eigenvalue weighted by atomic mass is 10.3.